The van der Waals surface area contributed by atoms with E-state index in [-0.39, 0.29) is 18.3 Å². The number of hydrogen-bond acceptors (Lipinski definition) is 7. The van der Waals surface area contributed by atoms with Crippen molar-refractivity contribution in [2.24, 2.45) is 0 Å². The van der Waals surface area contributed by atoms with E-state index >= 15 is 0 Å². The van der Waals surface area contributed by atoms with Crippen molar-refractivity contribution in [2.45, 2.75) is 64.3 Å². The van der Waals surface area contributed by atoms with Gasteiger partial charge in [-0.25, -0.2) is 0 Å². The van der Waals surface area contributed by atoms with Gasteiger partial charge in [-0.3, -0.25) is 9.36 Å². The standard InChI is InChI=1S/C26H29N5O2S2/c1-4-12-31-23(15-33-21-13-17(2)10-11-18(21)3)29-30-26(31)34-16-24(32)28-25-20(14-27)19-8-6-5-7-9-22(19)35-25/h4,10-11,13H,1,5-9,12,15-16H2,2-3H3,(H,28,32). The summed E-state index contributed by atoms with van der Waals surface area (Å²) in [6.07, 6.45) is 7.08. The molecule has 1 aliphatic rings. The molecule has 0 saturated carbocycles. The third-order valence-corrected chi connectivity index (χ3v) is 8.10. The Bertz CT molecular complexity index is 1270. The number of benzene rings is 1. The highest BCUT2D eigenvalue weighted by molar-refractivity contribution is 7.99. The molecule has 35 heavy (non-hydrogen) atoms. The normalized spacial score (nSPS) is 12.9. The van der Waals surface area contributed by atoms with Crippen molar-refractivity contribution in [3.8, 4) is 11.8 Å². The number of thioether (sulfide) groups is 1. The molecule has 0 radical (unpaired) electrons. The number of rotatable bonds is 9. The molecule has 9 heteroatoms. The molecule has 2 aromatic heterocycles. The third-order valence-electron chi connectivity index (χ3n) is 5.92. The van der Waals surface area contributed by atoms with Crippen LogP contribution in [0, 0.1) is 25.2 Å². The van der Waals surface area contributed by atoms with Crippen LogP contribution in [0.15, 0.2) is 36.0 Å². The average molecular weight is 508 g/mol. The Labute approximate surface area is 214 Å². The lowest BCUT2D eigenvalue weighted by atomic mass is 10.1. The highest BCUT2D eigenvalue weighted by Crippen LogP contribution is 2.37. The predicted octanol–water partition coefficient (Wildman–Crippen LogP) is 5.59. The summed E-state index contributed by atoms with van der Waals surface area (Å²) in [6, 6.07) is 8.40. The van der Waals surface area contributed by atoms with Crippen molar-refractivity contribution in [2.75, 3.05) is 11.1 Å². The number of nitriles is 1. The first-order valence-electron chi connectivity index (χ1n) is 11.7. The van der Waals surface area contributed by atoms with Gasteiger partial charge in [-0.2, -0.15) is 5.26 Å². The Balaban J connectivity index is 1.41. The topological polar surface area (TPSA) is 92.8 Å². The number of anilines is 1. The molecule has 2 heterocycles. The summed E-state index contributed by atoms with van der Waals surface area (Å²) in [5, 5.41) is 22.5. The Morgan fingerprint density at radius 1 is 1.31 bits per heavy atom. The molecule has 0 atom stereocenters. The van der Waals surface area contributed by atoms with Gasteiger partial charge in [-0.1, -0.05) is 36.4 Å². The van der Waals surface area contributed by atoms with Crippen molar-refractivity contribution in [1.82, 2.24) is 14.8 Å². The van der Waals surface area contributed by atoms with E-state index in [9.17, 15) is 10.1 Å². The van der Waals surface area contributed by atoms with Crippen LogP contribution in [-0.2, 0) is 30.8 Å². The summed E-state index contributed by atoms with van der Waals surface area (Å²) < 4.78 is 7.91. The maximum atomic E-state index is 12.8. The van der Waals surface area contributed by atoms with Gasteiger partial charge in [-0.15, -0.1) is 28.1 Å². The Kier molecular flexibility index (Phi) is 8.26. The summed E-state index contributed by atoms with van der Waals surface area (Å²) in [4.78, 5) is 14.0. The highest BCUT2D eigenvalue weighted by atomic mass is 32.2. The molecule has 0 bridgehead atoms. The van der Waals surface area contributed by atoms with Gasteiger partial charge in [0, 0.05) is 11.4 Å². The zero-order valence-corrected chi connectivity index (χ0v) is 21.7. The maximum Gasteiger partial charge on any atom is 0.235 e. The minimum Gasteiger partial charge on any atom is -0.485 e. The molecule has 0 unspecified atom stereocenters. The average Bonchev–Trinajstić information content (AvgIpc) is 3.29. The summed E-state index contributed by atoms with van der Waals surface area (Å²) in [5.41, 5.74) is 3.93. The van der Waals surface area contributed by atoms with E-state index in [0.717, 1.165) is 48.1 Å². The number of hydrogen-bond donors (Lipinski definition) is 1. The number of nitrogens with zero attached hydrogens (tertiary/aromatic N) is 4. The molecule has 0 spiro atoms. The van der Waals surface area contributed by atoms with Crippen LogP contribution in [0.2, 0.25) is 0 Å². The number of aryl methyl sites for hydroxylation is 3. The van der Waals surface area contributed by atoms with E-state index in [1.54, 1.807) is 17.4 Å². The number of thiophene rings is 1. The van der Waals surface area contributed by atoms with E-state index in [1.165, 1.54) is 23.1 Å². The van der Waals surface area contributed by atoms with Gasteiger partial charge in [0.25, 0.3) is 0 Å². The van der Waals surface area contributed by atoms with E-state index in [2.05, 4.69) is 34.2 Å². The molecule has 0 fully saturated rings. The van der Waals surface area contributed by atoms with Crippen LogP contribution in [0.4, 0.5) is 5.00 Å². The number of fused-ring (bicyclic) bond motifs is 1. The molecule has 4 rings (SSSR count). The van der Waals surface area contributed by atoms with Crippen molar-refractivity contribution in [3.63, 3.8) is 0 Å². The monoisotopic (exact) mass is 507 g/mol. The lowest BCUT2D eigenvalue weighted by Gasteiger charge is -2.11. The number of aromatic nitrogens is 3. The van der Waals surface area contributed by atoms with Gasteiger partial charge >= 0.3 is 0 Å². The van der Waals surface area contributed by atoms with E-state index in [4.69, 9.17) is 4.74 Å². The first kappa shape index (κ1) is 25.0. The van der Waals surface area contributed by atoms with Crippen LogP contribution >= 0.6 is 23.1 Å². The zero-order valence-electron chi connectivity index (χ0n) is 20.1. The minimum absolute atomic E-state index is 0.163. The Hall–Kier alpha value is -3.09. The SMILES string of the molecule is C=CCn1c(COc2cc(C)ccc2C)nnc1SCC(=O)Nc1sc2c(c1C#N)CCCCC2. The largest absolute Gasteiger partial charge is 0.485 e. The second kappa shape index (κ2) is 11.6. The number of carbonyl (C=O) groups excluding carboxylic acids is 1. The Morgan fingerprint density at radius 2 is 2.14 bits per heavy atom. The van der Waals surface area contributed by atoms with Crippen LogP contribution in [-0.4, -0.2) is 26.4 Å². The van der Waals surface area contributed by atoms with Crippen LogP contribution in [0.1, 0.15) is 52.2 Å². The van der Waals surface area contributed by atoms with Crippen LogP contribution in [0.5, 0.6) is 5.75 Å². The van der Waals surface area contributed by atoms with Gasteiger partial charge in [0.15, 0.2) is 11.0 Å². The first-order chi connectivity index (χ1) is 17.0. The van der Waals surface area contributed by atoms with E-state index < -0.39 is 0 Å². The predicted molar refractivity (Wildman–Crippen MR) is 140 cm³/mol. The molecule has 0 aliphatic heterocycles. The van der Waals surface area contributed by atoms with Crippen molar-refractivity contribution >= 4 is 34.0 Å². The van der Waals surface area contributed by atoms with Gasteiger partial charge in [0.1, 0.15) is 23.4 Å². The molecule has 7 nitrogen and oxygen atoms in total. The number of ether oxygens (including phenoxy) is 1. The quantitative estimate of drug-likeness (QED) is 0.230. The maximum absolute atomic E-state index is 12.8. The van der Waals surface area contributed by atoms with Gasteiger partial charge in [-0.05, 0) is 62.3 Å². The molecule has 1 amide bonds. The second-order valence-corrected chi connectivity index (χ2v) is 10.6. The molecule has 0 saturated heterocycles. The smallest absolute Gasteiger partial charge is 0.235 e. The number of carbonyl (C=O) groups is 1. The summed E-state index contributed by atoms with van der Waals surface area (Å²) in [7, 11) is 0. The first-order valence-corrected chi connectivity index (χ1v) is 13.5. The molecular formula is C26H29N5O2S2. The van der Waals surface area contributed by atoms with Gasteiger partial charge in [0.2, 0.25) is 5.91 Å². The van der Waals surface area contributed by atoms with Gasteiger partial charge < -0.3 is 10.1 Å². The van der Waals surface area contributed by atoms with Gasteiger partial charge in [0.05, 0.1) is 11.3 Å². The fourth-order valence-corrected chi connectivity index (χ4v) is 6.11. The molecule has 1 aliphatic carbocycles. The fourth-order valence-electron chi connectivity index (χ4n) is 4.09. The summed E-state index contributed by atoms with van der Waals surface area (Å²) in [6.45, 7) is 8.65. The van der Waals surface area contributed by atoms with Crippen molar-refractivity contribution in [1.29, 1.82) is 5.26 Å². The van der Waals surface area contributed by atoms with Crippen molar-refractivity contribution in [3.05, 3.63) is 63.8 Å². The molecule has 3 aromatic rings. The lowest BCUT2D eigenvalue weighted by Crippen LogP contribution is -2.15. The second-order valence-electron chi connectivity index (χ2n) is 8.57. The van der Waals surface area contributed by atoms with E-state index in [0.29, 0.717) is 28.1 Å². The third kappa shape index (κ3) is 5.95. The zero-order chi connectivity index (χ0) is 24.8. The molecular weight excluding hydrogens is 478 g/mol. The summed E-state index contributed by atoms with van der Waals surface area (Å²) >= 11 is 2.85. The number of allylic oxidation sites excluding steroid dienone is 1. The minimum atomic E-state index is -0.163. The lowest BCUT2D eigenvalue weighted by molar-refractivity contribution is -0.113. The summed E-state index contributed by atoms with van der Waals surface area (Å²) in [5.74, 6) is 1.49. The van der Waals surface area contributed by atoms with Crippen molar-refractivity contribution < 1.29 is 9.53 Å². The number of amides is 1. The van der Waals surface area contributed by atoms with Crippen LogP contribution < -0.4 is 10.1 Å². The molecule has 182 valence electrons. The van der Waals surface area contributed by atoms with Crippen LogP contribution in [0.3, 0.4) is 0 Å². The fraction of sp³-hybridized carbons (Fsp3) is 0.385. The molecule has 1 N–H and O–H groups in total. The highest BCUT2D eigenvalue weighted by Gasteiger charge is 2.21. The van der Waals surface area contributed by atoms with Crippen LogP contribution in [0.25, 0.3) is 0 Å². The van der Waals surface area contributed by atoms with E-state index in [1.807, 2.05) is 30.5 Å². The Morgan fingerprint density at radius 3 is 2.94 bits per heavy atom. The number of nitrogens with one attached hydrogen (secondary N) is 1. The molecule has 1 aromatic carbocycles.